The quantitative estimate of drug-likeness (QED) is 0.296. The van der Waals surface area contributed by atoms with Gasteiger partial charge in [-0.05, 0) is 83.6 Å². The third-order valence-corrected chi connectivity index (χ3v) is 6.28. The van der Waals surface area contributed by atoms with Crippen molar-refractivity contribution in [2.75, 3.05) is 6.61 Å². The summed E-state index contributed by atoms with van der Waals surface area (Å²) in [6.07, 6.45) is 47.0. The van der Waals surface area contributed by atoms with Gasteiger partial charge in [0.05, 0.1) is 5.70 Å². The van der Waals surface area contributed by atoms with Crippen LogP contribution in [0.4, 0.5) is 0 Å². The zero-order chi connectivity index (χ0) is 30.2. The topological polar surface area (TPSA) is 21.7 Å². The molecular weight excluding hydrogens is 514 g/mol. The molecule has 0 saturated carbocycles. The first-order valence-electron chi connectivity index (χ1n) is 14.3. The lowest BCUT2D eigenvalue weighted by atomic mass is 10.1. The lowest BCUT2D eigenvalue weighted by Crippen LogP contribution is -2.10. The Morgan fingerprint density at radius 2 is 1.26 bits per heavy atom. The van der Waals surface area contributed by atoms with Crippen LogP contribution in [0.2, 0.25) is 0 Å². The van der Waals surface area contributed by atoms with E-state index in [1.165, 1.54) is 22.3 Å². The number of fused-ring (bicyclic) bond motifs is 3. The molecule has 0 aliphatic carbocycles. The first-order chi connectivity index (χ1) is 20.3. The Balaban J connectivity index is 1.86. The fourth-order valence-electron chi connectivity index (χ4n) is 4.07. The number of rotatable bonds is 0. The SMILES string of the molecule is CC1=C2/C=C/N3C=CC=C/C3=C\OC/C=C/C(C)=C/C(C)=C\C=C\C(C)=C\C(C)=C\C=C/C=C\C(C)=C/C=C(\C=C1)O2. The molecule has 3 heterocycles. The van der Waals surface area contributed by atoms with Crippen LogP contribution in [0.15, 0.2) is 191 Å². The van der Waals surface area contributed by atoms with Crippen molar-refractivity contribution in [1.29, 1.82) is 0 Å². The van der Waals surface area contributed by atoms with E-state index in [0.29, 0.717) is 6.61 Å². The van der Waals surface area contributed by atoms with Gasteiger partial charge in [0.25, 0.3) is 0 Å². The van der Waals surface area contributed by atoms with Crippen LogP contribution in [0.25, 0.3) is 0 Å². The van der Waals surface area contributed by atoms with Crippen LogP contribution in [0, 0.1) is 0 Å². The highest BCUT2D eigenvalue weighted by Gasteiger charge is 2.09. The Morgan fingerprint density at radius 3 is 2.07 bits per heavy atom. The minimum Gasteiger partial charge on any atom is -0.495 e. The normalized spacial score (nSPS) is 31.6. The van der Waals surface area contributed by atoms with Crippen molar-refractivity contribution >= 4 is 0 Å². The summed E-state index contributed by atoms with van der Waals surface area (Å²) in [6, 6.07) is 0. The maximum absolute atomic E-state index is 6.18. The van der Waals surface area contributed by atoms with Crippen molar-refractivity contribution in [3.05, 3.63) is 191 Å². The molecule has 0 saturated heterocycles. The summed E-state index contributed by atoms with van der Waals surface area (Å²) >= 11 is 0. The summed E-state index contributed by atoms with van der Waals surface area (Å²) in [7, 11) is 0. The van der Waals surface area contributed by atoms with Crippen molar-refractivity contribution in [2.24, 2.45) is 0 Å². The third-order valence-electron chi connectivity index (χ3n) is 6.28. The van der Waals surface area contributed by atoms with E-state index in [1.807, 2.05) is 78.9 Å². The van der Waals surface area contributed by atoms with Crippen LogP contribution in [0.1, 0.15) is 41.5 Å². The molecule has 2 bridgehead atoms. The fourth-order valence-corrected chi connectivity index (χ4v) is 4.07. The second-order valence-corrected chi connectivity index (χ2v) is 10.4. The van der Waals surface area contributed by atoms with E-state index >= 15 is 0 Å². The molecule has 0 fully saturated rings. The molecular formula is C39H43NO2. The third kappa shape index (κ3) is 11.8. The second kappa shape index (κ2) is 17.1. The van der Waals surface area contributed by atoms with Crippen LogP contribution < -0.4 is 0 Å². The second-order valence-electron chi connectivity index (χ2n) is 10.4. The average molecular weight is 558 g/mol. The molecule has 3 rings (SSSR count). The Kier molecular flexibility index (Phi) is 13.0. The molecule has 0 unspecified atom stereocenters. The minimum absolute atomic E-state index is 0.479. The van der Waals surface area contributed by atoms with Crippen molar-refractivity contribution in [1.82, 2.24) is 4.90 Å². The number of allylic oxidation sites excluding steroid dienone is 25. The zero-order valence-electron chi connectivity index (χ0n) is 25.7. The number of hydrogen-bond donors (Lipinski definition) is 0. The predicted octanol–water partition coefficient (Wildman–Crippen LogP) is 10.5. The van der Waals surface area contributed by atoms with Gasteiger partial charge >= 0.3 is 0 Å². The van der Waals surface area contributed by atoms with Crippen molar-refractivity contribution in [3.8, 4) is 0 Å². The number of hydrogen-bond acceptors (Lipinski definition) is 3. The maximum Gasteiger partial charge on any atom is 0.131 e. The smallest absolute Gasteiger partial charge is 0.131 e. The molecule has 0 amide bonds. The zero-order valence-corrected chi connectivity index (χ0v) is 25.7. The van der Waals surface area contributed by atoms with E-state index in [4.69, 9.17) is 9.47 Å². The van der Waals surface area contributed by atoms with Crippen LogP contribution in [0.5, 0.6) is 0 Å². The lowest BCUT2D eigenvalue weighted by Gasteiger charge is -2.20. The Morgan fingerprint density at radius 1 is 0.548 bits per heavy atom. The van der Waals surface area contributed by atoms with Gasteiger partial charge in [-0.25, -0.2) is 0 Å². The van der Waals surface area contributed by atoms with E-state index in [0.717, 1.165) is 28.4 Å². The van der Waals surface area contributed by atoms with Gasteiger partial charge in [-0.3, -0.25) is 0 Å². The minimum atomic E-state index is 0.479. The molecule has 216 valence electrons. The molecule has 0 spiro atoms. The summed E-state index contributed by atoms with van der Waals surface area (Å²) in [6.45, 7) is 13.0. The Bertz CT molecular complexity index is 1480. The van der Waals surface area contributed by atoms with E-state index in [-0.39, 0.29) is 0 Å². The maximum atomic E-state index is 6.18. The molecule has 0 N–H and O–H groups in total. The molecule has 0 atom stereocenters. The van der Waals surface area contributed by atoms with Crippen molar-refractivity contribution in [2.45, 2.75) is 41.5 Å². The van der Waals surface area contributed by atoms with Gasteiger partial charge in [-0.1, -0.05) is 113 Å². The van der Waals surface area contributed by atoms with Gasteiger partial charge < -0.3 is 14.4 Å². The summed E-state index contributed by atoms with van der Waals surface area (Å²) in [4.78, 5) is 2.01. The lowest BCUT2D eigenvalue weighted by molar-refractivity contribution is 0.281. The molecule has 3 heteroatoms. The van der Waals surface area contributed by atoms with Crippen LogP contribution in [-0.2, 0) is 9.47 Å². The number of nitrogens with zero attached hydrogens (tertiary/aromatic N) is 1. The Labute approximate surface area is 253 Å². The highest BCUT2D eigenvalue weighted by atomic mass is 16.5. The van der Waals surface area contributed by atoms with Gasteiger partial charge in [0, 0.05) is 12.4 Å². The summed E-state index contributed by atoms with van der Waals surface area (Å²) < 4.78 is 12.0. The van der Waals surface area contributed by atoms with E-state index < -0.39 is 0 Å². The molecule has 0 radical (unpaired) electrons. The van der Waals surface area contributed by atoms with E-state index in [1.54, 1.807) is 6.26 Å². The highest BCUT2D eigenvalue weighted by molar-refractivity contribution is 5.40. The molecule has 3 aliphatic heterocycles. The number of ether oxygens (including phenoxy) is 2. The van der Waals surface area contributed by atoms with Crippen LogP contribution in [0.3, 0.4) is 0 Å². The summed E-state index contributed by atoms with van der Waals surface area (Å²) in [5, 5.41) is 0. The van der Waals surface area contributed by atoms with Crippen LogP contribution >= 0.6 is 0 Å². The van der Waals surface area contributed by atoms with Gasteiger partial charge in [0.1, 0.15) is 24.4 Å². The van der Waals surface area contributed by atoms with Crippen molar-refractivity contribution in [3.63, 3.8) is 0 Å². The van der Waals surface area contributed by atoms with E-state index in [2.05, 4.69) is 101 Å². The summed E-state index contributed by atoms with van der Waals surface area (Å²) in [5.41, 5.74) is 7.86. The van der Waals surface area contributed by atoms with E-state index in [9.17, 15) is 0 Å². The highest BCUT2D eigenvalue weighted by Crippen LogP contribution is 2.23. The first kappa shape index (κ1) is 31.8. The molecule has 3 aliphatic rings. The Hall–Kier alpha value is -4.76. The van der Waals surface area contributed by atoms with Gasteiger partial charge in [-0.2, -0.15) is 0 Å². The van der Waals surface area contributed by atoms with Gasteiger partial charge in [-0.15, -0.1) is 0 Å². The molecule has 0 aromatic carbocycles. The fraction of sp³-hybridized carbons (Fsp3) is 0.179. The van der Waals surface area contributed by atoms with Crippen LogP contribution in [-0.4, -0.2) is 11.5 Å². The largest absolute Gasteiger partial charge is 0.495 e. The average Bonchev–Trinajstić information content (AvgIpc) is 2.95. The molecule has 42 heavy (non-hydrogen) atoms. The molecule has 0 aromatic rings. The monoisotopic (exact) mass is 557 g/mol. The summed E-state index contributed by atoms with van der Waals surface area (Å²) in [5.74, 6) is 1.59. The predicted molar refractivity (Wildman–Crippen MR) is 180 cm³/mol. The molecule has 0 aromatic heterocycles. The van der Waals surface area contributed by atoms with Gasteiger partial charge in [0.2, 0.25) is 0 Å². The van der Waals surface area contributed by atoms with Gasteiger partial charge in [0.15, 0.2) is 0 Å². The standard InChI is InChI=1S/C39H43NO2/c1-31-14-8-7-9-15-32(2)28-33(3)16-12-17-34(4)29-35(5)18-13-27-41-30-37-19-10-11-25-40(37)26-24-39-36(6)21-23-38(42-39)22-20-31/h7-26,28-30H,27H2,1-6H3/b9-7-,14-8-,16-12+,18-13+,26-24+,31-20-,32-15+,33-28+,34-17-,35-29+,37-30+,38-22+. The van der Waals surface area contributed by atoms with Crippen molar-refractivity contribution < 1.29 is 9.47 Å². The first-order valence-corrected chi connectivity index (χ1v) is 14.3. The molecule has 3 nitrogen and oxygen atoms in total.